The minimum atomic E-state index is -0.127. The molecule has 0 aromatic heterocycles. The van der Waals surface area contributed by atoms with Crippen LogP contribution >= 0.6 is 0 Å². The average Bonchev–Trinajstić information content (AvgIpc) is 3.02. The van der Waals surface area contributed by atoms with Crippen molar-refractivity contribution >= 4 is 5.97 Å². The zero-order chi connectivity index (χ0) is 12.5. The van der Waals surface area contributed by atoms with Gasteiger partial charge in [0.05, 0.1) is 5.92 Å². The highest BCUT2D eigenvalue weighted by Crippen LogP contribution is 2.49. The molecule has 2 fully saturated rings. The summed E-state index contributed by atoms with van der Waals surface area (Å²) < 4.78 is 5.63. The summed E-state index contributed by atoms with van der Waals surface area (Å²) >= 11 is 0. The number of ether oxygens (including phenoxy) is 1. The fourth-order valence-corrected chi connectivity index (χ4v) is 3.59. The van der Waals surface area contributed by atoms with Crippen molar-refractivity contribution in [2.24, 2.45) is 17.8 Å². The lowest BCUT2D eigenvalue weighted by Crippen LogP contribution is -2.24. The Morgan fingerprint density at radius 1 is 1.22 bits per heavy atom. The second-order valence-electron chi connectivity index (χ2n) is 5.77. The molecule has 2 aliphatic rings. The van der Waals surface area contributed by atoms with Gasteiger partial charge >= 0.3 is 5.97 Å². The fourth-order valence-electron chi connectivity index (χ4n) is 3.59. The highest BCUT2D eigenvalue weighted by molar-refractivity contribution is 5.73. The molecular formula is C16H20O2. The summed E-state index contributed by atoms with van der Waals surface area (Å²) in [5.74, 6) is 1.60. The van der Waals surface area contributed by atoms with Crippen LogP contribution in [0.5, 0.6) is 0 Å². The first-order valence-corrected chi connectivity index (χ1v) is 6.99. The molecule has 0 heterocycles. The number of fused-ring (bicyclic) bond motifs is 2. The van der Waals surface area contributed by atoms with Gasteiger partial charge in [-0.3, -0.25) is 4.79 Å². The molecule has 4 atom stereocenters. The van der Waals surface area contributed by atoms with Crippen LogP contribution in [-0.4, -0.2) is 5.97 Å². The number of carbonyl (C=O) groups is 1. The van der Waals surface area contributed by atoms with Crippen LogP contribution in [0.1, 0.15) is 44.3 Å². The third kappa shape index (κ3) is 2.16. The zero-order valence-electron chi connectivity index (χ0n) is 10.8. The van der Waals surface area contributed by atoms with Crippen molar-refractivity contribution in [1.82, 2.24) is 0 Å². The molecule has 2 bridgehead atoms. The van der Waals surface area contributed by atoms with E-state index in [1.807, 2.05) is 37.3 Å². The quantitative estimate of drug-likeness (QED) is 0.757. The highest BCUT2D eigenvalue weighted by Gasteiger charge is 2.44. The molecule has 0 aliphatic heterocycles. The van der Waals surface area contributed by atoms with Gasteiger partial charge < -0.3 is 4.74 Å². The van der Waals surface area contributed by atoms with Crippen LogP contribution in [0.2, 0.25) is 0 Å². The van der Waals surface area contributed by atoms with E-state index in [1.165, 1.54) is 19.3 Å². The molecule has 0 N–H and O–H groups in total. The minimum Gasteiger partial charge on any atom is -0.458 e. The van der Waals surface area contributed by atoms with Crippen molar-refractivity contribution < 1.29 is 9.53 Å². The lowest BCUT2D eigenvalue weighted by Gasteiger charge is -2.22. The maximum atomic E-state index is 12.2. The third-order valence-corrected chi connectivity index (χ3v) is 4.60. The van der Waals surface area contributed by atoms with Gasteiger partial charge in [0, 0.05) is 0 Å². The van der Waals surface area contributed by atoms with Gasteiger partial charge in [-0.2, -0.15) is 0 Å². The summed E-state index contributed by atoms with van der Waals surface area (Å²) in [4.78, 5) is 12.2. The van der Waals surface area contributed by atoms with Crippen LogP contribution in [0.3, 0.4) is 0 Å². The predicted molar refractivity (Wildman–Crippen MR) is 69.9 cm³/mol. The van der Waals surface area contributed by atoms with E-state index in [0.717, 1.165) is 17.9 Å². The molecule has 96 valence electrons. The van der Waals surface area contributed by atoms with Crippen LogP contribution in [0, 0.1) is 17.8 Å². The van der Waals surface area contributed by atoms with Crippen LogP contribution < -0.4 is 0 Å². The summed E-state index contributed by atoms with van der Waals surface area (Å²) in [6.07, 6.45) is 4.73. The molecule has 2 nitrogen and oxygen atoms in total. The van der Waals surface area contributed by atoms with E-state index in [2.05, 4.69) is 0 Å². The molecule has 18 heavy (non-hydrogen) atoms. The molecule has 2 aliphatic carbocycles. The molecule has 0 saturated heterocycles. The SMILES string of the molecule is C[C@@H](OC(=O)[C@@H]1C[C@H]2CC[C@@H]1C2)c1ccccc1. The van der Waals surface area contributed by atoms with Gasteiger partial charge in [0.1, 0.15) is 6.10 Å². The zero-order valence-corrected chi connectivity index (χ0v) is 10.8. The standard InChI is InChI=1S/C16H20O2/c1-11(13-5-3-2-4-6-13)18-16(17)15-10-12-7-8-14(15)9-12/h2-6,11-12,14-15H,7-10H2,1H3/t11-,12+,14-,15-/m1/s1. The predicted octanol–water partition coefficient (Wildman–Crippen LogP) is 3.73. The summed E-state index contributed by atoms with van der Waals surface area (Å²) in [5.41, 5.74) is 1.08. The van der Waals surface area contributed by atoms with Gasteiger partial charge in [-0.05, 0) is 43.6 Å². The van der Waals surface area contributed by atoms with Crippen LogP contribution in [0.25, 0.3) is 0 Å². The van der Waals surface area contributed by atoms with Crippen LogP contribution in [0.15, 0.2) is 30.3 Å². The first-order chi connectivity index (χ1) is 8.74. The highest BCUT2D eigenvalue weighted by atomic mass is 16.5. The van der Waals surface area contributed by atoms with E-state index in [-0.39, 0.29) is 18.0 Å². The smallest absolute Gasteiger partial charge is 0.309 e. The monoisotopic (exact) mass is 244 g/mol. The fraction of sp³-hybridized carbons (Fsp3) is 0.562. The Morgan fingerprint density at radius 3 is 2.61 bits per heavy atom. The molecule has 2 saturated carbocycles. The van der Waals surface area contributed by atoms with Gasteiger partial charge in [-0.15, -0.1) is 0 Å². The summed E-state index contributed by atoms with van der Waals surface area (Å²) in [6, 6.07) is 9.97. The third-order valence-electron chi connectivity index (χ3n) is 4.60. The van der Waals surface area contributed by atoms with Crippen molar-refractivity contribution in [2.45, 2.75) is 38.7 Å². The summed E-state index contributed by atoms with van der Waals surface area (Å²) in [7, 11) is 0. The van der Waals surface area contributed by atoms with E-state index in [0.29, 0.717) is 5.92 Å². The van der Waals surface area contributed by atoms with Crippen molar-refractivity contribution in [3.63, 3.8) is 0 Å². The number of carbonyl (C=O) groups excluding carboxylic acids is 1. The van der Waals surface area contributed by atoms with Crippen LogP contribution in [-0.2, 0) is 9.53 Å². The second-order valence-corrected chi connectivity index (χ2v) is 5.77. The lowest BCUT2D eigenvalue weighted by atomic mass is 9.89. The van der Waals surface area contributed by atoms with Gasteiger partial charge in [0.15, 0.2) is 0 Å². The number of benzene rings is 1. The van der Waals surface area contributed by atoms with E-state index in [4.69, 9.17) is 4.74 Å². The molecule has 0 unspecified atom stereocenters. The van der Waals surface area contributed by atoms with E-state index >= 15 is 0 Å². The van der Waals surface area contributed by atoms with Gasteiger partial charge in [-0.25, -0.2) is 0 Å². The molecular weight excluding hydrogens is 224 g/mol. The maximum Gasteiger partial charge on any atom is 0.309 e. The van der Waals surface area contributed by atoms with Crippen molar-refractivity contribution in [3.8, 4) is 0 Å². The molecule has 0 amide bonds. The first kappa shape index (κ1) is 11.8. The molecule has 0 spiro atoms. The van der Waals surface area contributed by atoms with Gasteiger partial charge in [0.2, 0.25) is 0 Å². The normalized spacial score (nSPS) is 31.3. The summed E-state index contributed by atoms with van der Waals surface area (Å²) in [6.45, 7) is 1.96. The van der Waals surface area contributed by atoms with Gasteiger partial charge in [0.25, 0.3) is 0 Å². The lowest BCUT2D eigenvalue weighted by molar-refractivity contribution is -0.155. The number of rotatable bonds is 3. The number of hydrogen-bond acceptors (Lipinski definition) is 2. The Morgan fingerprint density at radius 2 is 2.00 bits per heavy atom. The van der Waals surface area contributed by atoms with Crippen molar-refractivity contribution in [1.29, 1.82) is 0 Å². The van der Waals surface area contributed by atoms with Gasteiger partial charge in [-0.1, -0.05) is 36.8 Å². The van der Waals surface area contributed by atoms with E-state index in [9.17, 15) is 4.79 Å². The molecule has 0 radical (unpaired) electrons. The van der Waals surface area contributed by atoms with Crippen molar-refractivity contribution in [3.05, 3.63) is 35.9 Å². The second kappa shape index (κ2) is 4.75. The van der Waals surface area contributed by atoms with E-state index in [1.54, 1.807) is 0 Å². The minimum absolute atomic E-state index is 0.0264. The Hall–Kier alpha value is -1.31. The number of hydrogen-bond donors (Lipinski definition) is 0. The molecule has 1 aromatic rings. The Kier molecular flexibility index (Phi) is 3.11. The Bertz CT molecular complexity index is 426. The Labute approximate surface area is 108 Å². The number of esters is 1. The van der Waals surface area contributed by atoms with Crippen LogP contribution in [0.4, 0.5) is 0 Å². The Balaban J connectivity index is 1.61. The van der Waals surface area contributed by atoms with E-state index < -0.39 is 0 Å². The van der Waals surface area contributed by atoms with Crippen molar-refractivity contribution in [2.75, 3.05) is 0 Å². The average molecular weight is 244 g/mol. The molecule has 2 heteroatoms. The topological polar surface area (TPSA) is 26.3 Å². The first-order valence-electron chi connectivity index (χ1n) is 6.99. The molecule has 3 rings (SSSR count). The summed E-state index contributed by atoms with van der Waals surface area (Å²) in [5, 5.41) is 0. The molecule has 1 aromatic carbocycles. The largest absolute Gasteiger partial charge is 0.458 e. The maximum absolute atomic E-state index is 12.2.